The van der Waals surface area contributed by atoms with Gasteiger partial charge in [0, 0.05) is 6.20 Å². The first-order valence-corrected chi connectivity index (χ1v) is 5.31. The molecule has 1 heterocycles. The van der Waals surface area contributed by atoms with Crippen molar-refractivity contribution in [3.05, 3.63) is 53.3 Å². The SMILES string of the molecule is Cc1ccc(Oc2cccnc2C)c(C#N)c1. The highest BCUT2D eigenvalue weighted by Crippen LogP contribution is 2.26. The molecule has 1 aromatic carbocycles. The van der Waals surface area contributed by atoms with E-state index in [1.807, 2.05) is 32.0 Å². The summed E-state index contributed by atoms with van der Waals surface area (Å²) in [6, 6.07) is 11.3. The molecule has 2 rings (SSSR count). The highest BCUT2D eigenvalue weighted by Gasteiger charge is 2.06. The molecule has 0 N–H and O–H groups in total. The van der Waals surface area contributed by atoms with Gasteiger partial charge >= 0.3 is 0 Å². The third-order valence-electron chi connectivity index (χ3n) is 2.43. The summed E-state index contributed by atoms with van der Waals surface area (Å²) in [6.45, 7) is 3.81. The van der Waals surface area contributed by atoms with Gasteiger partial charge in [0.05, 0.1) is 11.3 Å². The molecule has 0 saturated heterocycles. The van der Waals surface area contributed by atoms with E-state index in [0.717, 1.165) is 11.3 Å². The van der Waals surface area contributed by atoms with Crippen molar-refractivity contribution in [1.29, 1.82) is 5.26 Å². The van der Waals surface area contributed by atoms with Crippen LogP contribution < -0.4 is 4.74 Å². The predicted octanol–water partition coefficient (Wildman–Crippen LogP) is 3.36. The summed E-state index contributed by atoms with van der Waals surface area (Å²) in [5.74, 6) is 1.24. The van der Waals surface area contributed by atoms with Crippen LogP contribution in [0.25, 0.3) is 0 Å². The Morgan fingerprint density at radius 3 is 2.71 bits per heavy atom. The minimum Gasteiger partial charge on any atom is -0.454 e. The zero-order valence-electron chi connectivity index (χ0n) is 9.77. The number of hydrogen-bond donors (Lipinski definition) is 0. The average Bonchev–Trinajstić information content (AvgIpc) is 2.34. The highest BCUT2D eigenvalue weighted by atomic mass is 16.5. The largest absolute Gasteiger partial charge is 0.454 e. The predicted molar refractivity (Wildman–Crippen MR) is 64.9 cm³/mol. The molecule has 17 heavy (non-hydrogen) atoms. The highest BCUT2D eigenvalue weighted by molar-refractivity contribution is 5.47. The van der Waals surface area contributed by atoms with E-state index in [2.05, 4.69) is 11.1 Å². The number of aromatic nitrogens is 1. The molecule has 0 unspecified atom stereocenters. The summed E-state index contributed by atoms with van der Waals surface area (Å²) >= 11 is 0. The molecule has 0 bridgehead atoms. The molecule has 0 aliphatic heterocycles. The fourth-order valence-electron chi connectivity index (χ4n) is 1.52. The molecule has 0 aliphatic rings. The van der Waals surface area contributed by atoms with Crippen molar-refractivity contribution in [2.75, 3.05) is 0 Å². The Hall–Kier alpha value is -2.34. The molecule has 3 heteroatoms. The van der Waals surface area contributed by atoms with Gasteiger partial charge in [0.2, 0.25) is 0 Å². The number of hydrogen-bond acceptors (Lipinski definition) is 3. The summed E-state index contributed by atoms with van der Waals surface area (Å²) < 4.78 is 5.70. The van der Waals surface area contributed by atoms with Crippen LogP contribution in [0.1, 0.15) is 16.8 Å². The van der Waals surface area contributed by atoms with Gasteiger partial charge in [-0.2, -0.15) is 5.26 Å². The lowest BCUT2D eigenvalue weighted by Gasteiger charge is -2.09. The lowest BCUT2D eigenvalue weighted by molar-refractivity contribution is 0.474. The topological polar surface area (TPSA) is 45.9 Å². The number of pyridine rings is 1. The molecule has 2 aromatic rings. The molecule has 0 aliphatic carbocycles. The summed E-state index contributed by atoms with van der Waals surface area (Å²) in [6.07, 6.45) is 1.71. The van der Waals surface area contributed by atoms with Gasteiger partial charge in [0.25, 0.3) is 0 Å². The van der Waals surface area contributed by atoms with E-state index >= 15 is 0 Å². The summed E-state index contributed by atoms with van der Waals surface area (Å²) in [5.41, 5.74) is 2.38. The Kier molecular flexibility index (Phi) is 3.06. The van der Waals surface area contributed by atoms with Gasteiger partial charge in [-0.25, -0.2) is 0 Å². The molecule has 0 atom stereocenters. The van der Waals surface area contributed by atoms with Crippen molar-refractivity contribution in [2.24, 2.45) is 0 Å². The quantitative estimate of drug-likeness (QED) is 0.785. The number of nitriles is 1. The van der Waals surface area contributed by atoms with Crippen LogP contribution in [0.15, 0.2) is 36.5 Å². The van der Waals surface area contributed by atoms with E-state index in [1.165, 1.54) is 0 Å². The summed E-state index contributed by atoms with van der Waals surface area (Å²) in [5, 5.41) is 9.04. The van der Waals surface area contributed by atoms with E-state index in [0.29, 0.717) is 17.1 Å². The van der Waals surface area contributed by atoms with Crippen molar-refractivity contribution in [3.8, 4) is 17.6 Å². The standard InChI is InChI=1S/C14H12N2O/c1-10-5-6-14(12(8-10)9-15)17-13-4-3-7-16-11(13)2/h3-8H,1-2H3. The van der Waals surface area contributed by atoms with Crippen LogP contribution in [-0.2, 0) is 0 Å². The van der Waals surface area contributed by atoms with Crippen LogP contribution in [0.3, 0.4) is 0 Å². The maximum Gasteiger partial charge on any atom is 0.148 e. The maximum atomic E-state index is 9.04. The fourth-order valence-corrected chi connectivity index (χ4v) is 1.52. The van der Waals surface area contributed by atoms with Crippen molar-refractivity contribution in [2.45, 2.75) is 13.8 Å². The first kappa shape index (κ1) is 11.2. The first-order chi connectivity index (χ1) is 8.20. The Morgan fingerprint density at radius 1 is 1.18 bits per heavy atom. The number of benzene rings is 1. The lowest BCUT2D eigenvalue weighted by Crippen LogP contribution is -1.92. The molecule has 1 aromatic heterocycles. The minimum absolute atomic E-state index is 0.535. The van der Waals surface area contributed by atoms with Crippen molar-refractivity contribution in [3.63, 3.8) is 0 Å². The van der Waals surface area contributed by atoms with Crippen LogP contribution in [0, 0.1) is 25.2 Å². The Labute approximate surface area is 100 Å². The maximum absolute atomic E-state index is 9.04. The van der Waals surface area contributed by atoms with Gasteiger partial charge in [-0.15, -0.1) is 0 Å². The third kappa shape index (κ3) is 2.43. The third-order valence-corrected chi connectivity index (χ3v) is 2.43. The number of aryl methyl sites for hydroxylation is 2. The van der Waals surface area contributed by atoms with Crippen LogP contribution in [0.4, 0.5) is 0 Å². The fraction of sp³-hybridized carbons (Fsp3) is 0.143. The van der Waals surface area contributed by atoms with Gasteiger partial charge in [-0.1, -0.05) is 6.07 Å². The second-order valence-electron chi connectivity index (χ2n) is 3.80. The summed E-state index contributed by atoms with van der Waals surface area (Å²) in [7, 11) is 0. The zero-order valence-corrected chi connectivity index (χ0v) is 9.77. The Morgan fingerprint density at radius 2 is 2.00 bits per heavy atom. The molecule has 0 spiro atoms. The molecule has 0 amide bonds. The summed E-state index contributed by atoms with van der Waals surface area (Å²) in [4.78, 5) is 4.14. The lowest BCUT2D eigenvalue weighted by atomic mass is 10.1. The van der Waals surface area contributed by atoms with Gasteiger partial charge in [-0.3, -0.25) is 4.98 Å². The van der Waals surface area contributed by atoms with Crippen LogP contribution in [0.2, 0.25) is 0 Å². The van der Waals surface area contributed by atoms with Crippen LogP contribution in [0.5, 0.6) is 11.5 Å². The van der Waals surface area contributed by atoms with Crippen LogP contribution in [-0.4, -0.2) is 4.98 Å². The van der Waals surface area contributed by atoms with Crippen molar-refractivity contribution >= 4 is 0 Å². The average molecular weight is 224 g/mol. The van der Waals surface area contributed by atoms with Gasteiger partial charge in [0.15, 0.2) is 0 Å². The van der Waals surface area contributed by atoms with E-state index in [-0.39, 0.29) is 0 Å². The molecule has 0 fully saturated rings. The number of rotatable bonds is 2. The van der Waals surface area contributed by atoms with E-state index < -0.39 is 0 Å². The van der Waals surface area contributed by atoms with Gasteiger partial charge in [0.1, 0.15) is 17.6 Å². The molecular formula is C14H12N2O. The molecule has 3 nitrogen and oxygen atoms in total. The molecule has 0 saturated carbocycles. The van der Waals surface area contributed by atoms with Crippen molar-refractivity contribution < 1.29 is 4.74 Å². The second kappa shape index (κ2) is 4.67. The van der Waals surface area contributed by atoms with E-state index in [9.17, 15) is 0 Å². The normalized spacial score (nSPS) is 9.71. The van der Waals surface area contributed by atoms with Gasteiger partial charge in [-0.05, 0) is 43.7 Å². The van der Waals surface area contributed by atoms with Crippen LogP contribution >= 0.6 is 0 Å². The Bertz CT molecular complexity index is 585. The number of nitrogens with zero attached hydrogens (tertiary/aromatic N) is 2. The first-order valence-electron chi connectivity index (χ1n) is 5.31. The monoisotopic (exact) mass is 224 g/mol. The van der Waals surface area contributed by atoms with E-state index in [4.69, 9.17) is 10.00 Å². The smallest absolute Gasteiger partial charge is 0.148 e. The molecule has 84 valence electrons. The van der Waals surface area contributed by atoms with E-state index in [1.54, 1.807) is 18.3 Å². The Balaban J connectivity index is 2.37. The minimum atomic E-state index is 0.535. The van der Waals surface area contributed by atoms with Gasteiger partial charge < -0.3 is 4.74 Å². The van der Waals surface area contributed by atoms with Crippen molar-refractivity contribution in [1.82, 2.24) is 4.98 Å². The zero-order chi connectivity index (χ0) is 12.3. The second-order valence-corrected chi connectivity index (χ2v) is 3.80. The molecular weight excluding hydrogens is 212 g/mol. The number of ether oxygens (including phenoxy) is 1. The molecule has 0 radical (unpaired) electrons.